The monoisotopic (exact) mass is 235 g/mol. The summed E-state index contributed by atoms with van der Waals surface area (Å²) in [6.45, 7) is 2.13. The number of hydrogen-bond acceptors (Lipinski definition) is 3. The minimum Gasteiger partial charge on any atom is -0.402 e. The van der Waals surface area contributed by atoms with Crippen LogP contribution in [-0.4, -0.2) is 37.0 Å². The Bertz CT molecular complexity index is 352. The molecule has 0 atom stereocenters. The van der Waals surface area contributed by atoms with E-state index >= 15 is 0 Å². The largest absolute Gasteiger partial charge is 0.402 e. The molecule has 0 radical (unpaired) electrons. The summed E-state index contributed by atoms with van der Waals surface area (Å²) in [7, 11) is 2.12. The molecule has 0 saturated carbocycles. The van der Waals surface area contributed by atoms with Crippen molar-refractivity contribution < 1.29 is 4.79 Å². The topological polar surface area (TPSA) is 58.4 Å². The van der Waals surface area contributed by atoms with Gasteiger partial charge in [-0.05, 0) is 51.9 Å². The molecule has 2 rings (SSSR count). The van der Waals surface area contributed by atoms with Crippen molar-refractivity contribution in [1.82, 2.24) is 10.2 Å². The second kappa shape index (κ2) is 5.36. The first-order chi connectivity index (χ1) is 8.15. The summed E-state index contributed by atoms with van der Waals surface area (Å²) in [6.07, 6.45) is 7.35. The highest BCUT2D eigenvalue weighted by molar-refractivity contribution is 5.94. The number of likely N-dealkylation sites (tertiary alicyclic amines) is 1. The normalized spacial score (nSPS) is 22.9. The quantitative estimate of drug-likeness (QED) is 0.743. The molecular formula is C13H21N3O. The van der Waals surface area contributed by atoms with Crippen molar-refractivity contribution in [1.29, 1.82) is 0 Å². The number of rotatable bonds is 2. The maximum absolute atomic E-state index is 12.0. The summed E-state index contributed by atoms with van der Waals surface area (Å²) in [4.78, 5) is 14.3. The van der Waals surface area contributed by atoms with Crippen molar-refractivity contribution >= 4 is 5.91 Å². The van der Waals surface area contributed by atoms with E-state index in [1.807, 2.05) is 12.2 Å². The summed E-state index contributed by atoms with van der Waals surface area (Å²) in [5, 5.41) is 3.12. The van der Waals surface area contributed by atoms with E-state index in [1.54, 1.807) is 0 Å². The molecule has 1 fully saturated rings. The van der Waals surface area contributed by atoms with Gasteiger partial charge in [-0.3, -0.25) is 4.79 Å². The van der Waals surface area contributed by atoms with Gasteiger partial charge in [0.1, 0.15) is 0 Å². The number of nitrogens with two attached hydrogens (primary N) is 1. The Hall–Kier alpha value is -1.29. The van der Waals surface area contributed by atoms with Gasteiger partial charge in [0.15, 0.2) is 0 Å². The SMILES string of the molecule is CN1CCC(NC(=O)C2=CC=C(N)CC2)CC1. The number of piperidine rings is 1. The molecule has 0 aromatic carbocycles. The van der Waals surface area contributed by atoms with Crippen molar-refractivity contribution in [3.63, 3.8) is 0 Å². The molecule has 4 heteroatoms. The van der Waals surface area contributed by atoms with Gasteiger partial charge in [-0.1, -0.05) is 6.08 Å². The molecule has 0 aromatic rings. The lowest BCUT2D eigenvalue weighted by molar-refractivity contribution is -0.118. The lowest BCUT2D eigenvalue weighted by Gasteiger charge is -2.29. The van der Waals surface area contributed by atoms with E-state index in [0.717, 1.165) is 50.0 Å². The van der Waals surface area contributed by atoms with Crippen molar-refractivity contribution in [2.45, 2.75) is 31.7 Å². The van der Waals surface area contributed by atoms with E-state index in [9.17, 15) is 4.79 Å². The van der Waals surface area contributed by atoms with Gasteiger partial charge in [-0.15, -0.1) is 0 Å². The average Bonchev–Trinajstić information content (AvgIpc) is 2.33. The predicted octanol–water partition coefficient (Wildman–Crippen LogP) is 0.760. The third-order valence-electron chi connectivity index (χ3n) is 3.53. The van der Waals surface area contributed by atoms with Crippen LogP contribution in [0.3, 0.4) is 0 Å². The summed E-state index contributed by atoms with van der Waals surface area (Å²) in [6, 6.07) is 0.336. The maximum atomic E-state index is 12.0. The van der Waals surface area contributed by atoms with Gasteiger partial charge >= 0.3 is 0 Å². The van der Waals surface area contributed by atoms with Crippen LogP contribution in [-0.2, 0) is 4.79 Å². The van der Waals surface area contributed by atoms with Crippen LogP contribution in [0.2, 0.25) is 0 Å². The third-order valence-corrected chi connectivity index (χ3v) is 3.53. The van der Waals surface area contributed by atoms with Gasteiger partial charge in [0.05, 0.1) is 0 Å². The van der Waals surface area contributed by atoms with Crippen LogP contribution >= 0.6 is 0 Å². The van der Waals surface area contributed by atoms with E-state index in [2.05, 4.69) is 17.3 Å². The molecule has 94 valence electrons. The summed E-state index contributed by atoms with van der Waals surface area (Å²) in [5.74, 6) is 0.0864. The zero-order valence-corrected chi connectivity index (χ0v) is 10.4. The maximum Gasteiger partial charge on any atom is 0.247 e. The molecular weight excluding hydrogens is 214 g/mol. The molecule has 17 heavy (non-hydrogen) atoms. The molecule has 2 aliphatic rings. The van der Waals surface area contributed by atoms with Crippen molar-refractivity contribution in [2.75, 3.05) is 20.1 Å². The molecule has 1 aliphatic heterocycles. The zero-order valence-electron chi connectivity index (χ0n) is 10.4. The van der Waals surface area contributed by atoms with Crippen molar-refractivity contribution in [3.05, 3.63) is 23.4 Å². The first-order valence-corrected chi connectivity index (χ1v) is 6.30. The van der Waals surface area contributed by atoms with Gasteiger partial charge in [-0.25, -0.2) is 0 Å². The Morgan fingerprint density at radius 2 is 2.06 bits per heavy atom. The van der Waals surface area contributed by atoms with Gasteiger partial charge < -0.3 is 16.0 Å². The van der Waals surface area contributed by atoms with E-state index in [0.29, 0.717) is 6.04 Å². The van der Waals surface area contributed by atoms with Crippen molar-refractivity contribution in [2.24, 2.45) is 5.73 Å². The number of carbonyl (C=O) groups is 1. The Balaban J connectivity index is 1.85. The van der Waals surface area contributed by atoms with Crippen LogP contribution < -0.4 is 11.1 Å². The Kier molecular flexibility index (Phi) is 3.84. The fourth-order valence-corrected chi connectivity index (χ4v) is 2.27. The number of carbonyl (C=O) groups excluding carboxylic acids is 1. The number of hydrogen-bond donors (Lipinski definition) is 2. The molecule has 3 N–H and O–H groups in total. The van der Waals surface area contributed by atoms with Crippen LogP contribution in [0, 0.1) is 0 Å². The standard InChI is InChI=1S/C13H21N3O/c1-16-8-6-12(7-9-16)15-13(17)10-2-4-11(14)5-3-10/h2,4,12H,3,5-9,14H2,1H3,(H,15,17). The smallest absolute Gasteiger partial charge is 0.247 e. The van der Waals surface area contributed by atoms with Gasteiger partial charge in [0.25, 0.3) is 0 Å². The molecule has 0 aromatic heterocycles. The van der Waals surface area contributed by atoms with E-state index in [4.69, 9.17) is 5.73 Å². The second-order valence-corrected chi connectivity index (χ2v) is 4.98. The summed E-state index contributed by atoms with van der Waals surface area (Å²) < 4.78 is 0. The fourth-order valence-electron chi connectivity index (χ4n) is 2.27. The predicted molar refractivity (Wildman–Crippen MR) is 68.2 cm³/mol. The minimum absolute atomic E-state index is 0.0864. The number of amides is 1. The van der Waals surface area contributed by atoms with E-state index in [-0.39, 0.29) is 5.91 Å². The lowest BCUT2D eigenvalue weighted by atomic mass is 10.0. The Labute approximate surface area is 103 Å². The van der Waals surface area contributed by atoms with Crippen LogP contribution in [0.5, 0.6) is 0 Å². The molecule has 1 heterocycles. The molecule has 1 aliphatic carbocycles. The van der Waals surface area contributed by atoms with Crippen LogP contribution in [0.25, 0.3) is 0 Å². The van der Waals surface area contributed by atoms with Crippen LogP contribution in [0.1, 0.15) is 25.7 Å². The van der Waals surface area contributed by atoms with Gasteiger partial charge in [0, 0.05) is 17.3 Å². The van der Waals surface area contributed by atoms with E-state index in [1.165, 1.54) is 0 Å². The third kappa shape index (κ3) is 3.33. The summed E-state index contributed by atoms with van der Waals surface area (Å²) >= 11 is 0. The molecule has 0 spiro atoms. The highest BCUT2D eigenvalue weighted by atomic mass is 16.1. The molecule has 4 nitrogen and oxygen atoms in total. The summed E-state index contributed by atoms with van der Waals surface area (Å²) in [5.41, 5.74) is 7.40. The van der Waals surface area contributed by atoms with Gasteiger partial charge in [-0.2, -0.15) is 0 Å². The van der Waals surface area contributed by atoms with Crippen LogP contribution in [0.15, 0.2) is 23.4 Å². The lowest BCUT2D eigenvalue weighted by Crippen LogP contribution is -2.43. The second-order valence-electron chi connectivity index (χ2n) is 4.98. The van der Waals surface area contributed by atoms with Gasteiger partial charge in [0.2, 0.25) is 5.91 Å². The zero-order chi connectivity index (χ0) is 12.3. The number of allylic oxidation sites excluding steroid dienone is 3. The highest BCUT2D eigenvalue weighted by Crippen LogP contribution is 2.16. The average molecular weight is 235 g/mol. The number of nitrogens with zero attached hydrogens (tertiary/aromatic N) is 1. The Morgan fingerprint density at radius 1 is 1.35 bits per heavy atom. The molecule has 0 unspecified atom stereocenters. The van der Waals surface area contributed by atoms with Crippen LogP contribution in [0.4, 0.5) is 0 Å². The Morgan fingerprint density at radius 3 is 2.65 bits per heavy atom. The molecule has 1 amide bonds. The van der Waals surface area contributed by atoms with Crippen molar-refractivity contribution in [3.8, 4) is 0 Å². The fraction of sp³-hybridized carbons (Fsp3) is 0.615. The van der Waals surface area contributed by atoms with E-state index < -0.39 is 0 Å². The first-order valence-electron chi connectivity index (χ1n) is 6.30. The molecule has 0 bridgehead atoms. The molecule has 1 saturated heterocycles. The minimum atomic E-state index is 0.0864. The number of nitrogens with one attached hydrogen (secondary N) is 1. The first kappa shape index (κ1) is 12.2. The highest BCUT2D eigenvalue weighted by Gasteiger charge is 2.20.